The molecule has 2 N–H and O–H groups in total. The molecule has 0 spiro atoms. The topological polar surface area (TPSA) is 67.2 Å². The van der Waals surface area contributed by atoms with Gasteiger partial charge in [-0.05, 0) is 61.2 Å². The summed E-state index contributed by atoms with van der Waals surface area (Å²) in [5.74, 6) is 2.38. The number of fused-ring (bicyclic) bond motifs is 2. The largest absolute Gasteiger partial charge is 0.487 e. The monoisotopic (exact) mass is 416 g/mol. The summed E-state index contributed by atoms with van der Waals surface area (Å²) < 4.78 is 8.13. The quantitative estimate of drug-likeness (QED) is 0.683. The molecule has 0 amide bonds. The van der Waals surface area contributed by atoms with Crippen molar-refractivity contribution in [1.82, 2.24) is 25.0 Å². The molecular formula is C24H28N6O. The highest BCUT2D eigenvalue weighted by Crippen LogP contribution is 2.39. The minimum absolute atomic E-state index is 0.490. The van der Waals surface area contributed by atoms with E-state index in [-0.39, 0.29) is 0 Å². The van der Waals surface area contributed by atoms with Crippen molar-refractivity contribution in [2.24, 2.45) is 7.05 Å². The van der Waals surface area contributed by atoms with Gasteiger partial charge in [-0.3, -0.25) is 9.58 Å². The number of nitrogens with zero attached hydrogens (tertiary/aromatic N) is 4. The molecule has 160 valence electrons. The van der Waals surface area contributed by atoms with E-state index in [0.717, 1.165) is 53.1 Å². The van der Waals surface area contributed by atoms with Gasteiger partial charge in [0.15, 0.2) is 0 Å². The third-order valence-electron chi connectivity index (χ3n) is 6.98. The Balaban J connectivity index is 1.23. The van der Waals surface area contributed by atoms with E-state index in [1.54, 1.807) is 0 Å². The summed E-state index contributed by atoms with van der Waals surface area (Å²) in [7, 11) is 1.93. The average Bonchev–Trinajstić information content (AvgIpc) is 3.09. The lowest BCUT2D eigenvalue weighted by Gasteiger charge is -2.42. The molecule has 5 heterocycles. The Labute approximate surface area is 182 Å². The third-order valence-corrected chi connectivity index (χ3v) is 6.98. The van der Waals surface area contributed by atoms with Crippen molar-refractivity contribution in [2.75, 3.05) is 31.5 Å². The van der Waals surface area contributed by atoms with Crippen molar-refractivity contribution < 1.29 is 4.74 Å². The van der Waals surface area contributed by atoms with E-state index in [0.29, 0.717) is 12.5 Å². The molecule has 1 aromatic carbocycles. The van der Waals surface area contributed by atoms with Crippen LogP contribution in [0.4, 0.5) is 11.5 Å². The minimum atomic E-state index is 0.490. The number of rotatable bonds is 3. The number of nitrogens with one attached hydrogen (secondary N) is 2. The molecule has 7 heteroatoms. The predicted octanol–water partition coefficient (Wildman–Crippen LogP) is 3.27. The Morgan fingerprint density at radius 1 is 1.13 bits per heavy atom. The molecule has 0 saturated carbocycles. The smallest absolute Gasteiger partial charge is 0.143 e. The van der Waals surface area contributed by atoms with E-state index in [4.69, 9.17) is 4.74 Å². The van der Waals surface area contributed by atoms with Crippen LogP contribution in [0.1, 0.15) is 29.9 Å². The van der Waals surface area contributed by atoms with Gasteiger partial charge in [-0.15, -0.1) is 0 Å². The molecule has 6 rings (SSSR count). The zero-order chi connectivity index (χ0) is 20.8. The molecule has 3 aliphatic heterocycles. The van der Waals surface area contributed by atoms with Gasteiger partial charge in [0.1, 0.15) is 18.2 Å². The van der Waals surface area contributed by atoms with Crippen LogP contribution >= 0.6 is 0 Å². The Kier molecular flexibility index (Phi) is 4.65. The Morgan fingerprint density at radius 3 is 2.74 bits per heavy atom. The second-order valence-electron chi connectivity index (χ2n) is 8.88. The first-order valence-corrected chi connectivity index (χ1v) is 11.2. The Morgan fingerprint density at radius 2 is 2.00 bits per heavy atom. The molecule has 2 saturated heterocycles. The summed E-state index contributed by atoms with van der Waals surface area (Å²) in [6.07, 6.45) is 8.19. The van der Waals surface area contributed by atoms with Crippen molar-refractivity contribution in [3.05, 3.63) is 54.0 Å². The maximum Gasteiger partial charge on any atom is 0.143 e. The summed E-state index contributed by atoms with van der Waals surface area (Å²) in [4.78, 5) is 7.24. The first-order chi connectivity index (χ1) is 15.2. The third kappa shape index (κ3) is 3.47. The lowest BCUT2D eigenvalue weighted by molar-refractivity contribution is 0.113. The van der Waals surface area contributed by atoms with E-state index in [9.17, 15) is 0 Å². The van der Waals surface area contributed by atoms with Gasteiger partial charge in [0.2, 0.25) is 0 Å². The van der Waals surface area contributed by atoms with E-state index in [2.05, 4.69) is 43.8 Å². The highest BCUT2D eigenvalue weighted by atomic mass is 16.5. The van der Waals surface area contributed by atoms with E-state index in [1.165, 1.54) is 31.5 Å². The van der Waals surface area contributed by atoms with Crippen LogP contribution in [0.15, 0.2) is 42.9 Å². The second-order valence-corrected chi connectivity index (χ2v) is 8.88. The van der Waals surface area contributed by atoms with Crippen molar-refractivity contribution in [2.45, 2.75) is 31.4 Å². The van der Waals surface area contributed by atoms with Crippen LogP contribution in [-0.2, 0) is 13.7 Å². The molecule has 0 radical (unpaired) electrons. The first kappa shape index (κ1) is 18.8. The van der Waals surface area contributed by atoms with Crippen LogP contribution in [0, 0.1) is 0 Å². The van der Waals surface area contributed by atoms with Crippen LogP contribution in [0.5, 0.6) is 5.75 Å². The number of aromatic nitrogens is 3. The molecule has 3 aliphatic rings. The summed E-state index contributed by atoms with van der Waals surface area (Å²) in [5.41, 5.74) is 5.62. The van der Waals surface area contributed by atoms with Crippen molar-refractivity contribution in [3.63, 3.8) is 0 Å². The molecule has 3 aromatic rings. The Bertz CT molecular complexity index is 1100. The Hall–Kier alpha value is -2.90. The average molecular weight is 417 g/mol. The molecule has 7 nitrogen and oxygen atoms in total. The lowest BCUT2D eigenvalue weighted by Crippen LogP contribution is -2.58. The van der Waals surface area contributed by atoms with Crippen LogP contribution < -0.4 is 15.4 Å². The number of hydrogen-bond donors (Lipinski definition) is 2. The molecule has 0 bridgehead atoms. The number of anilines is 2. The van der Waals surface area contributed by atoms with Gasteiger partial charge >= 0.3 is 0 Å². The summed E-state index contributed by atoms with van der Waals surface area (Å²) in [6, 6.07) is 9.44. The molecule has 0 unspecified atom stereocenters. The number of benzene rings is 1. The SMILES string of the molecule is Cn1cc(-c2ccnc3c2COc2cc(C4CCN(C5CNC5)CC4)ccc2N3)cn1. The lowest BCUT2D eigenvalue weighted by atomic mass is 9.88. The first-order valence-electron chi connectivity index (χ1n) is 11.2. The predicted molar refractivity (Wildman–Crippen MR) is 121 cm³/mol. The normalized spacial score (nSPS) is 19.5. The highest BCUT2D eigenvalue weighted by molar-refractivity contribution is 5.76. The maximum absolute atomic E-state index is 6.31. The number of likely N-dealkylation sites (tertiary alicyclic amines) is 1. The molecular weight excluding hydrogens is 388 g/mol. The van der Waals surface area contributed by atoms with Gasteiger partial charge in [-0.25, -0.2) is 4.98 Å². The van der Waals surface area contributed by atoms with Gasteiger partial charge in [-0.1, -0.05) is 6.07 Å². The van der Waals surface area contributed by atoms with Gasteiger partial charge in [0.05, 0.1) is 11.9 Å². The minimum Gasteiger partial charge on any atom is -0.487 e. The zero-order valence-corrected chi connectivity index (χ0v) is 17.8. The number of ether oxygens (including phenoxy) is 1. The van der Waals surface area contributed by atoms with Crippen LogP contribution in [0.25, 0.3) is 11.1 Å². The van der Waals surface area contributed by atoms with E-state index in [1.807, 2.05) is 36.4 Å². The van der Waals surface area contributed by atoms with Gasteiger partial charge in [0.25, 0.3) is 0 Å². The number of aryl methyl sites for hydroxylation is 1. The fraction of sp³-hybridized carbons (Fsp3) is 0.417. The van der Waals surface area contributed by atoms with Crippen LogP contribution in [0.2, 0.25) is 0 Å². The summed E-state index contributed by atoms with van der Waals surface area (Å²) in [6.45, 7) is 5.18. The zero-order valence-electron chi connectivity index (χ0n) is 17.8. The molecule has 2 fully saturated rings. The van der Waals surface area contributed by atoms with Crippen molar-refractivity contribution in [3.8, 4) is 16.9 Å². The van der Waals surface area contributed by atoms with E-state index >= 15 is 0 Å². The summed E-state index contributed by atoms with van der Waals surface area (Å²) in [5, 5.41) is 11.2. The fourth-order valence-electron chi connectivity index (χ4n) is 5.00. The van der Waals surface area contributed by atoms with Crippen molar-refractivity contribution >= 4 is 11.5 Å². The second kappa shape index (κ2) is 7.66. The summed E-state index contributed by atoms with van der Waals surface area (Å²) >= 11 is 0. The van der Waals surface area contributed by atoms with Crippen LogP contribution in [0.3, 0.4) is 0 Å². The fourth-order valence-corrected chi connectivity index (χ4v) is 5.00. The number of pyridine rings is 1. The van der Waals surface area contributed by atoms with Gasteiger partial charge in [-0.2, -0.15) is 5.10 Å². The molecule has 0 aliphatic carbocycles. The van der Waals surface area contributed by atoms with E-state index < -0.39 is 0 Å². The van der Waals surface area contributed by atoms with Gasteiger partial charge < -0.3 is 15.4 Å². The van der Waals surface area contributed by atoms with Crippen molar-refractivity contribution in [1.29, 1.82) is 0 Å². The number of hydrogen-bond acceptors (Lipinski definition) is 6. The molecule has 0 atom stereocenters. The number of piperidine rings is 1. The highest BCUT2D eigenvalue weighted by Gasteiger charge is 2.29. The standard InChI is InChI=1S/C24H28N6O/c1-29-14-18(11-27-29)20-4-7-26-24-21(20)15-31-23-10-17(2-3-22(23)28-24)16-5-8-30(9-6-16)19-12-25-13-19/h2-4,7,10-11,14,16,19,25H,5-6,8-9,12-13,15H2,1H3,(H,26,28). The molecule has 2 aromatic heterocycles. The molecule has 31 heavy (non-hydrogen) atoms. The van der Waals surface area contributed by atoms with Gasteiger partial charge in [0, 0.05) is 49.7 Å². The maximum atomic E-state index is 6.31. The van der Waals surface area contributed by atoms with Crippen LogP contribution in [-0.4, -0.2) is 51.9 Å².